The molecule has 2 rings (SSSR count). The van der Waals surface area contributed by atoms with E-state index in [1.165, 1.54) is 0 Å². The van der Waals surface area contributed by atoms with Gasteiger partial charge >= 0.3 is 13.1 Å². The monoisotopic (exact) mass is 406 g/mol. The first-order valence-electron chi connectivity index (χ1n) is 10.6. The van der Waals surface area contributed by atoms with Crippen LogP contribution in [-0.2, 0) is 11.2 Å². The lowest BCUT2D eigenvalue weighted by molar-refractivity contribution is -0.144. The van der Waals surface area contributed by atoms with Gasteiger partial charge < -0.3 is 30.9 Å². The summed E-state index contributed by atoms with van der Waals surface area (Å²) in [5, 5.41) is 38.1. The van der Waals surface area contributed by atoms with Crippen molar-refractivity contribution in [2.75, 3.05) is 19.6 Å². The van der Waals surface area contributed by atoms with E-state index in [1.807, 2.05) is 30.3 Å². The average molecular weight is 406 g/mol. The Morgan fingerprint density at radius 3 is 2.31 bits per heavy atom. The number of piperidine rings is 1. The van der Waals surface area contributed by atoms with Crippen LogP contribution in [0, 0.1) is 0 Å². The molecule has 0 amide bonds. The maximum absolute atomic E-state index is 11.6. The molecule has 0 bridgehead atoms. The highest BCUT2D eigenvalue weighted by Gasteiger charge is 2.35. The molecule has 1 saturated heterocycles. The molecule has 1 aromatic rings. The van der Waals surface area contributed by atoms with Gasteiger partial charge in [-0.05, 0) is 50.5 Å². The Labute approximate surface area is 173 Å². The number of carbonyl (C=O) groups is 1. The number of carboxylic acid groups (broad SMARTS) is 1. The van der Waals surface area contributed by atoms with Crippen LogP contribution >= 0.6 is 0 Å². The summed E-state index contributed by atoms with van der Waals surface area (Å²) >= 11 is 0. The Hall–Kier alpha value is -1.45. The predicted molar refractivity (Wildman–Crippen MR) is 113 cm³/mol. The molecule has 1 aromatic carbocycles. The lowest BCUT2D eigenvalue weighted by Gasteiger charge is -2.38. The number of aliphatic hydroxyl groups is 1. The molecule has 1 heterocycles. The van der Waals surface area contributed by atoms with Gasteiger partial charge in [-0.1, -0.05) is 43.2 Å². The molecular formula is C21H35BN2O5. The van der Waals surface area contributed by atoms with E-state index in [9.17, 15) is 15.0 Å². The fourth-order valence-corrected chi connectivity index (χ4v) is 4.07. The SMILES string of the molecule is NC(CCCCB(O)O)(CCCN1CCC(O)(Cc2ccccc2)CC1)C(=O)O. The molecule has 1 atom stereocenters. The summed E-state index contributed by atoms with van der Waals surface area (Å²) in [6.07, 6.45) is 4.79. The van der Waals surface area contributed by atoms with E-state index in [4.69, 9.17) is 15.8 Å². The Balaban J connectivity index is 1.72. The first-order chi connectivity index (χ1) is 13.7. The zero-order chi connectivity index (χ0) is 21.3. The molecule has 29 heavy (non-hydrogen) atoms. The van der Waals surface area contributed by atoms with Crippen molar-refractivity contribution < 1.29 is 25.1 Å². The lowest BCUT2D eigenvalue weighted by Crippen LogP contribution is -2.49. The maximum atomic E-state index is 11.6. The summed E-state index contributed by atoms with van der Waals surface area (Å²) in [5.74, 6) is -1.00. The standard InChI is InChI=1S/C21H35BN2O5/c23-21(19(25)26,9-4-5-13-22(28)29)10-6-14-24-15-11-20(27,12-16-24)17-18-7-2-1-3-8-18/h1-3,7-8,27-29H,4-6,9-17,23H2,(H,25,26). The van der Waals surface area contributed by atoms with Gasteiger partial charge in [-0.25, -0.2) is 0 Å². The highest BCUT2D eigenvalue weighted by molar-refractivity contribution is 6.40. The number of likely N-dealkylation sites (tertiary alicyclic amines) is 1. The summed E-state index contributed by atoms with van der Waals surface area (Å²) in [5.41, 5.74) is 5.32. The van der Waals surface area contributed by atoms with E-state index in [2.05, 4.69) is 4.90 Å². The Bertz CT molecular complexity index is 623. The molecule has 0 spiro atoms. The maximum Gasteiger partial charge on any atom is 0.451 e. The summed E-state index contributed by atoms with van der Waals surface area (Å²) in [7, 11) is -1.35. The minimum absolute atomic E-state index is 0.232. The Morgan fingerprint density at radius 2 is 1.72 bits per heavy atom. The molecule has 1 aliphatic rings. The second-order valence-corrected chi connectivity index (χ2v) is 8.52. The van der Waals surface area contributed by atoms with Crippen LogP contribution in [-0.4, -0.2) is 69.0 Å². The number of hydrogen-bond acceptors (Lipinski definition) is 6. The van der Waals surface area contributed by atoms with Crippen LogP contribution in [0.3, 0.4) is 0 Å². The van der Waals surface area contributed by atoms with Crippen LogP contribution in [0.1, 0.15) is 50.5 Å². The van der Waals surface area contributed by atoms with Crippen LogP contribution in [0.15, 0.2) is 30.3 Å². The molecule has 1 aliphatic heterocycles. The molecule has 6 N–H and O–H groups in total. The van der Waals surface area contributed by atoms with Gasteiger partial charge in [-0.2, -0.15) is 0 Å². The number of unbranched alkanes of at least 4 members (excludes halogenated alkanes) is 1. The van der Waals surface area contributed by atoms with Crippen molar-refractivity contribution in [2.45, 2.75) is 68.8 Å². The Kier molecular flexibility index (Phi) is 9.11. The van der Waals surface area contributed by atoms with Crippen molar-refractivity contribution >= 4 is 13.1 Å². The van der Waals surface area contributed by atoms with Crippen LogP contribution in [0.25, 0.3) is 0 Å². The third kappa shape index (κ3) is 8.07. The number of aliphatic carboxylic acids is 1. The van der Waals surface area contributed by atoms with Gasteiger partial charge in [-0.3, -0.25) is 4.79 Å². The molecule has 7 nitrogen and oxygen atoms in total. The van der Waals surface area contributed by atoms with E-state index in [0.29, 0.717) is 51.4 Å². The number of nitrogens with two attached hydrogens (primary N) is 1. The quantitative estimate of drug-likeness (QED) is 0.261. The molecule has 0 aromatic heterocycles. The molecule has 1 unspecified atom stereocenters. The van der Waals surface area contributed by atoms with Gasteiger partial charge in [0.1, 0.15) is 5.54 Å². The van der Waals surface area contributed by atoms with Crippen molar-refractivity contribution in [2.24, 2.45) is 5.73 Å². The van der Waals surface area contributed by atoms with E-state index in [0.717, 1.165) is 25.2 Å². The number of nitrogens with zero attached hydrogens (tertiary/aromatic N) is 1. The number of carboxylic acids is 1. The molecule has 0 aliphatic carbocycles. The topological polar surface area (TPSA) is 127 Å². The average Bonchev–Trinajstić information content (AvgIpc) is 2.67. The van der Waals surface area contributed by atoms with Crippen LogP contribution in [0.2, 0.25) is 6.32 Å². The first-order valence-corrected chi connectivity index (χ1v) is 10.6. The largest absolute Gasteiger partial charge is 0.480 e. The van der Waals surface area contributed by atoms with E-state index < -0.39 is 24.2 Å². The Morgan fingerprint density at radius 1 is 1.10 bits per heavy atom. The van der Waals surface area contributed by atoms with Crippen LogP contribution in [0.4, 0.5) is 0 Å². The summed E-state index contributed by atoms with van der Waals surface area (Å²) in [4.78, 5) is 13.9. The minimum Gasteiger partial charge on any atom is -0.480 e. The minimum atomic E-state index is -1.35. The lowest BCUT2D eigenvalue weighted by atomic mass is 9.81. The van der Waals surface area contributed by atoms with Gasteiger partial charge in [0, 0.05) is 19.5 Å². The van der Waals surface area contributed by atoms with Gasteiger partial charge in [0.05, 0.1) is 5.60 Å². The van der Waals surface area contributed by atoms with Crippen molar-refractivity contribution in [1.29, 1.82) is 0 Å². The molecule has 0 radical (unpaired) electrons. The molecule has 0 saturated carbocycles. The van der Waals surface area contributed by atoms with Gasteiger partial charge in [0.25, 0.3) is 0 Å². The third-order valence-corrected chi connectivity index (χ3v) is 6.02. The molecular weight excluding hydrogens is 371 g/mol. The molecule has 162 valence electrons. The van der Waals surface area contributed by atoms with Crippen molar-refractivity contribution in [3.8, 4) is 0 Å². The summed E-state index contributed by atoms with van der Waals surface area (Å²) in [6, 6.07) is 10.0. The van der Waals surface area contributed by atoms with Gasteiger partial charge in [0.2, 0.25) is 0 Å². The second-order valence-electron chi connectivity index (χ2n) is 8.52. The van der Waals surface area contributed by atoms with E-state index in [-0.39, 0.29) is 6.32 Å². The third-order valence-electron chi connectivity index (χ3n) is 6.02. The number of benzene rings is 1. The summed E-state index contributed by atoms with van der Waals surface area (Å²) in [6.45, 7) is 2.35. The number of rotatable bonds is 12. The zero-order valence-corrected chi connectivity index (χ0v) is 17.2. The number of hydrogen-bond donors (Lipinski definition) is 5. The highest BCUT2D eigenvalue weighted by Crippen LogP contribution is 2.27. The van der Waals surface area contributed by atoms with Crippen LogP contribution in [0.5, 0.6) is 0 Å². The van der Waals surface area contributed by atoms with E-state index in [1.54, 1.807) is 0 Å². The fourth-order valence-electron chi connectivity index (χ4n) is 4.07. The van der Waals surface area contributed by atoms with Crippen LogP contribution < -0.4 is 5.73 Å². The predicted octanol–water partition coefficient (Wildman–Crippen LogP) is 1.26. The van der Waals surface area contributed by atoms with Crippen molar-refractivity contribution in [1.82, 2.24) is 4.90 Å². The zero-order valence-electron chi connectivity index (χ0n) is 17.2. The van der Waals surface area contributed by atoms with Crippen molar-refractivity contribution in [3.63, 3.8) is 0 Å². The summed E-state index contributed by atoms with van der Waals surface area (Å²) < 4.78 is 0. The smallest absolute Gasteiger partial charge is 0.451 e. The van der Waals surface area contributed by atoms with Crippen molar-refractivity contribution in [3.05, 3.63) is 35.9 Å². The molecule has 1 fully saturated rings. The highest BCUT2D eigenvalue weighted by atomic mass is 16.4. The van der Waals surface area contributed by atoms with Gasteiger partial charge in [0.15, 0.2) is 0 Å². The fraction of sp³-hybridized carbons (Fsp3) is 0.667. The molecule has 8 heteroatoms. The normalized spacial score (nSPS) is 18.9. The second kappa shape index (κ2) is 11.1. The van der Waals surface area contributed by atoms with Gasteiger partial charge in [-0.15, -0.1) is 0 Å². The first kappa shape index (κ1) is 23.8. The van der Waals surface area contributed by atoms with E-state index >= 15 is 0 Å².